The Balaban J connectivity index is 3.25. The third-order valence-corrected chi connectivity index (χ3v) is 3.33. The van der Waals surface area contributed by atoms with Crippen molar-refractivity contribution in [3.05, 3.63) is 35.2 Å². The molecule has 1 aromatic rings. The molecular weight excluding hydrogens is 202 g/mol. The first-order valence-corrected chi connectivity index (χ1v) is 5.92. The zero-order chi connectivity index (χ0) is 11.6. The summed E-state index contributed by atoms with van der Waals surface area (Å²) in [6.07, 6.45) is 0. The van der Waals surface area contributed by atoms with Crippen LogP contribution in [0.3, 0.4) is 0 Å². The number of anilines is 1. The van der Waals surface area contributed by atoms with Gasteiger partial charge in [-0.05, 0) is 34.9 Å². The number of aryl methyl sites for hydroxylation is 1. The molecule has 0 aliphatic heterocycles. The molecule has 2 N–H and O–H groups in total. The lowest BCUT2D eigenvalue weighted by Crippen LogP contribution is -2.12. The number of benzene rings is 1. The fourth-order valence-corrected chi connectivity index (χ4v) is 2.09. The van der Waals surface area contributed by atoms with Crippen molar-refractivity contribution < 1.29 is 0 Å². The van der Waals surface area contributed by atoms with Crippen LogP contribution in [0.15, 0.2) is 29.0 Å². The topological polar surface area (TPSA) is 26.0 Å². The summed E-state index contributed by atoms with van der Waals surface area (Å²) >= 11 is 1.59. The second kappa shape index (κ2) is 4.31. The molecule has 1 rings (SSSR count). The van der Waals surface area contributed by atoms with E-state index in [-0.39, 0.29) is 5.41 Å². The van der Waals surface area contributed by atoms with Crippen LogP contribution in [0.4, 0.5) is 5.69 Å². The van der Waals surface area contributed by atoms with Crippen molar-refractivity contribution in [2.75, 3.05) is 5.73 Å². The first-order chi connectivity index (χ1) is 6.86. The fraction of sp³-hybridized carbons (Fsp3) is 0.385. The van der Waals surface area contributed by atoms with Gasteiger partial charge in [-0.3, -0.25) is 0 Å². The lowest BCUT2D eigenvalue weighted by atomic mass is 9.86. The third-order valence-electron chi connectivity index (χ3n) is 2.37. The molecule has 0 amide bonds. The Bertz CT molecular complexity index is 352. The Kier molecular flexibility index (Phi) is 3.50. The normalized spacial score (nSPS) is 11.5. The smallest absolute Gasteiger partial charge is 0.0461 e. The quantitative estimate of drug-likeness (QED) is 0.601. The van der Waals surface area contributed by atoms with Crippen LogP contribution in [0.2, 0.25) is 0 Å². The second-order valence-corrected chi connectivity index (χ2v) is 5.72. The predicted molar refractivity (Wildman–Crippen MR) is 70.3 cm³/mol. The predicted octanol–water partition coefficient (Wildman–Crippen LogP) is 4.11. The van der Waals surface area contributed by atoms with Gasteiger partial charge >= 0.3 is 0 Å². The largest absolute Gasteiger partial charge is 0.398 e. The zero-order valence-corrected chi connectivity index (χ0v) is 10.7. The van der Waals surface area contributed by atoms with Crippen LogP contribution in [0.5, 0.6) is 0 Å². The summed E-state index contributed by atoms with van der Waals surface area (Å²) in [5.41, 5.74) is 9.55. The molecule has 2 heteroatoms. The van der Waals surface area contributed by atoms with Gasteiger partial charge in [0, 0.05) is 10.6 Å². The molecule has 0 saturated heterocycles. The maximum Gasteiger partial charge on any atom is 0.0461 e. The lowest BCUT2D eigenvalue weighted by Gasteiger charge is -2.21. The number of rotatable bonds is 2. The molecule has 0 atom stereocenters. The summed E-state index contributed by atoms with van der Waals surface area (Å²) < 4.78 is 0. The van der Waals surface area contributed by atoms with E-state index < -0.39 is 0 Å². The van der Waals surface area contributed by atoms with Crippen LogP contribution >= 0.6 is 11.8 Å². The summed E-state index contributed by atoms with van der Waals surface area (Å²) in [6, 6.07) is 4.28. The maximum atomic E-state index is 6.04. The number of hydrogen-bond donors (Lipinski definition) is 1. The first kappa shape index (κ1) is 12.2. The van der Waals surface area contributed by atoms with Crippen LogP contribution in [0.25, 0.3) is 0 Å². The van der Waals surface area contributed by atoms with Gasteiger partial charge < -0.3 is 5.73 Å². The number of hydrogen-bond acceptors (Lipinski definition) is 2. The molecule has 0 radical (unpaired) electrons. The molecule has 0 aliphatic carbocycles. The van der Waals surface area contributed by atoms with Crippen molar-refractivity contribution in [2.24, 2.45) is 0 Å². The number of thioether (sulfide) groups is 1. The number of nitrogen functional groups attached to an aromatic ring is 1. The molecule has 0 aromatic heterocycles. The highest BCUT2D eigenvalue weighted by atomic mass is 32.2. The molecule has 82 valence electrons. The van der Waals surface area contributed by atoms with Crippen molar-refractivity contribution in [1.29, 1.82) is 0 Å². The maximum absolute atomic E-state index is 6.04. The fourth-order valence-electron chi connectivity index (χ4n) is 1.48. The minimum Gasteiger partial charge on any atom is -0.398 e. The van der Waals surface area contributed by atoms with E-state index in [0.29, 0.717) is 0 Å². The SMILES string of the molecule is C=CSc1c(C)cc(C(C)(C)C)cc1N. The van der Waals surface area contributed by atoms with Gasteiger partial charge in [-0.2, -0.15) is 0 Å². The summed E-state index contributed by atoms with van der Waals surface area (Å²) in [5.74, 6) is 0. The van der Waals surface area contributed by atoms with E-state index in [4.69, 9.17) is 5.73 Å². The molecule has 0 aliphatic rings. The van der Waals surface area contributed by atoms with E-state index in [9.17, 15) is 0 Å². The third kappa shape index (κ3) is 2.78. The molecule has 0 spiro atoms. The van der Waals surface area contributed by atoms with Crippen LogP contribution in [0, 0.1) is 6.92 Å². The highest BCUT2D eigenvalue weighted by molar-refractivity contribution is 8.02. The monoisotopic (exact) mass is 221 g/mol. The summed E-state index contributed by atoms with van der Waals surface area (Å²) in [6.45, 7) is 12.4. The van der Waals surface area contributed by atoms with Crippen LogP contribution in [-0.4, -0.2) is 0 Å². The van der Waals surface area contributed by atoms with Gasteiger partial charge in [0.1, 0.15) is 0 Å². The second-order valence-electron chi connectivity index (χ2n) is 4.75. The van der Waals surface area contributed by atoms with E-state index >= 15 is 0 Å². The minimum atomic E-state index is 0.149. The summed E-state index contributed by atoms with van der Waals surface area (Å²) in [7, 11) is 0. The van der Waals surface area contributed by atoms with Gasteiger partial charge in [0.15, 0.2) is 0 Å². The van der Waals surface area contributed by atoms with E-state index in [1.807, 2.05) is 5.41 Å². The Labute approximate surface area is 96.8 Å². The Morgan fingerprint density at radius 3 is 2.33 bits per heavy atom. The van der Waals surface area contributed by atoms with Gasteiger partial charge in [-0.15, -0.1) is 0 Å². The Morgan fingerprint density at radius 2 is 1.93 bits per heavy atom. The van der Waals surface area contributed by atoms with E-state index in [0.717, 1.165) is 10.6 Å². The molecule has 15 heavy (non-hydrogen) atoms. The Morgan fingerprint density at radius 1 is 1.33 bits per heavy atom. The van der Waals surface area contributed by atoms with E-state index in [1.165, 1.54) is 11.1 Å². The number of nitrogens with two attached hydrogens (primary N) is 1. The van der Waals surface area contributed by atoms with E-state index in [2.05, 4.69) is 46.4 Å². The van der Waals surface area contributed by atoms with Crippen LogP contribution < -0.4 is 5.73 Å². The van der Waals surface area contributed by atoms with Crippen molar-refractivity contribution in [1.82, 2.24) is 0 Å². The molecule has 0 heterocycles. The molecular formula is C13H19NS. The van der Waals surface area contributed by atoms with Crippen molar-refractivity contribution in [3.63, 3.8) is 0 Å². The molecule has 1 aromatic carbocycles. The Hall–Kier alpha value is -0.890. The average molecular weight is 221 g/mol. The average Bonchev–Trinajstić information content (AvgIpc) is 2.09. The summed E-state index contributed by atoms with van der Waals surface area (Å²) in [4.78, 5) is 1.12. The van der Waals surface area contributed by atoms with Gasteiger partial charge in [0.05, 0.1) is 0 Å². The van der Waals surface area contributed by atoms with Gasteiger partial charge in [-0.1, -0.05) is 45.2 Å². The van der Waals surface area contributed by atoms with Crippen LogP contribution in [-0.2, 0) is 5.41 Å². The zero-order valence-electron chi connectivity index (χ0n) is 9.92. The van der Waals surface area contributed by atoms with Gasteiger partial charge in [0.2, 0.25) is 0 Å². The molecule has 0 unspecified atom stereocenters. The van der Waals surface area contributed by atoms with Gasteiger partial charge in [0.25, 0.3) is 0 Å². The summed E-state index contributed by atoms with van der Waals surface area (Å²) in [5, 5.41) is 1.81. The molecule has 1 nitrogen and oxygen atoms in total. The van der Waals surface area contributed by atoms with Crippen molar-refractivity contribution in [3.8, 4) is 0 Å². The van der Waals surface area contributed by atoms with E-state index in [1.54, 1.807) is 11.8 Å². The highest BCUT2D eigenvalue weighted by Gasteiger charge is 2.16. The lowest BCUT2D eigenvalue weighted by molar-refractivity contribution is 0.589. The minimum absolute atomic E-state index is 0.149. The molecule has 0 bridgehead atoms. The highest BCUT2D eigenvalue weighted by Crippen LogP contribution is 2.34. The standard InChI is InChI=1S/C13H19NS/c1-6-15-12-9(2)7-10(8-11(12)14)13(3,4)5/h6-8H,1,14H2,2-5H3. The molecule has 0 saturated carbocycles. The van der Waals surface area contributed by atoms with Gasteiger partial charge in [-0.25, -0.2) is 0 Å². The first-order valence-electron chi connectivity index (χ1n) is 5.04. The van der Waals surface area contributed by atoms with Crippen molar-refractivity contribution in [2.45, 2.75) is 38.0 Å². The molecule has 0 fully saturated rings. The van der Waals surface area contributed by atoms with Crippen LogP contribution in [0.1, 0.15) is 31.9 Å². The van der Waals surface area contributed by atoms with Crippen molar-refractivity contribution >= 4 is 17.4 Å².